The third-order valence-electron chi connectivity index (χ3n) is 4.08. The Balaban J connectivity index is 1.64. The molecule has 1 aliphatic heterocycles. The maximum atomic E-state index is 12.2. The highest BCUT2D eigenvalue weighted by atomic mass is 16.6. The van der Waals surface area contributed by atoms with E-state index in [2.05, 4.69) is 15.0 Å². The van der Waals surface area contributed by atoms with E-state index in [0.717, 1.165) is 24.3 Å². The van der Waals surface area contributed by atoms with Crippen molar-refractivity contribution in [2.24, 2.45) is 0 Å². The summed E-state index contributed by atoms with van der Waals surface area (Å²) in [7, 11) is 0. The molecule has 26 heavy (non-hydrogen) atoms. The predicted molar refractivity (Wildman–Crippen MR) is 97.3 cm³/mol. The first-order chi connectivity index (χ1) is 12.4. The fraction of sp³-hybridized carbons (Fsp3) is 0.500. The highest BCUT2D eigenvalue weighted by Crippen LogP contribution is 2.20. The number of ether oxygens (including phenoxy) is 1. The van der Waals surface area contributed by atoms with Crippen LogP contribution in [0.3, 0.4) is 0 Å². The van der Waals surface area contributed by atoms with E-state index in [-0.39, 0.29) is 12.7 Å². The maximum Gasteiger partial charge on any atom is 0.410 e. The lowest BCUT2D eigenvalue weighted by molar-refractivity contribution is 0.0240. The van der Waals surface area contributed by atoms with E-state index >= 15 is 0 Å². The second kappa shape index (κ2) is 7.33. The normalized spacial score (nSPS) is 15.2. The minimum absolute atomic E-state index is 0.0493. The monoisotopic (exact) mass is 359 g/mol. The van der Waals surface area contributed by atoms with Crippen molar-refractivity contribution in [1.82, 2.24) is 19.7 Å². The maximum absolute atomic E-state index is 12.2. The lowest BCUT2D eigenvalue weighted by Crippen LogP contribution is -2.50. The van der Waals surface area contributed by atoms with Crippen molar-refractivity contribution in [3.8, 4) is 5.82 Å². The van der Waals surface area contributed by atoms with Gasteiger partial charge in [0.1, 0.15) is 5.60 Å². The van der Waals surface area contributed by atoms with Crippen molar-refractivity contribution < 1.29 is 14.6 Å². The molecule has 0 aliphatic carbocycles. The number of hydrogen-bond acceptors (Lipinski definition) is 6. The Morgan fingerprint density at radius 3 is 2.62 bits per heavy atom. The first kappa shape index (κ1) is 18.2. The van der Waals surface area contributed by atoms with Crippen LogP contribution in [-0.4, -0.2) is 62.6 Å². The van der Waals surface area contributed by atoms with Crippen LogP contribution in [0, 0.1) is 0 Å². The van der Waals surface area contributed by atoms with Gasteiger partial charge in [0.15, 0.2) is 5.82 Å². The zero-order valence-corrected chi connectivity index (χ0v) is 15.4. The molecule has 1 saturated heterocycles. The number of aromatic nitrogens is 3. The molecule has 0 saturated carbocycles. The first-order valence-electron chi connectivity index (χ1n) is 8.69. The minimum atomic E-state index is -0.481. The van der Waals surface area contributed by atoms with Gasteiger partial charge in [0.05, 0.1) is 12.8 Å². The van der Waals surface area contributed by atoms with Gasteiger partial charge in [-0.1, -0.05) is 0 Å². The summed E-state index contributed by atoms with van der Waals surface area (Å²) in [6.07, 6.45) is 4.85. The molecule has 0 bridgehead atoms. The zero-order chi connectivity index (χ0) is 18.7. The Kier molecular flexibility index (Phi) is 5.13. The summed E-state index contributed by atoms with van der Waals surface area (Å²) in [6, 6.07) is 3.90. The summed E-state index contributed by atoms with van der Waals surface area (Å²) < 4.78 is 7.08. The van der Waals surface area contributed by atoms with Crippen LogP contribution in [0.5, 0.6) is 0 Å². The molecule has 0 radical (unpaired) electrons. The Morgan fingerprint density at radius 2 is 2.00 bits per heavy atom. The summed E-state index contributed by atoms with van der Waals surface area (Å²) >= 11 is 0. The lowest BCUT2D eigenvalue weighted by Gasteiger charge is -2.36. The first-order valence-corrected chi connectivity index (χ1v) is 8.69. The van der Waals surface area contributed by atoms with Crippen LogP contribution in [0.2, 0.25) is 0 Å². The number of carbonyl (C=O) groups excluding carboxylic acids is 1. The highest BCUT2D eigenvalue weighted by molar-refractivity contribution is 5.68. The number of rotatable bonds is 3. The smallest absolute Gasteiger partial charge is 0.410 e. The Bertz CT molecular complexity index is 760. The van der Waals surface area contributed by atoms with Crippen LogP contribution in [0.25, 0.3) is 5.82 Å². The van der Waals surface area contributed by atoms with Crippen LogP contribution >= 0.6 is 0 Å². The Labute approximate surface area is 153 Å². The molecule has 0 unspecified atom stereocenters. The van der Waals surface area contributed by atoms with Gasteiger partial charge in [-0.05, 0) is 26.8 Å². The van der Waals surface area contributed by atoms with E-state index in [4.69, 9.17) is 4.74 Å². The van der Waals surface area contributed by atoms with Gasteiger partial charge < -0.3 is 19.6 Å². The number of amides is 1. The van der Waals surface area contributed by atoms with Crippen molar-refractivity contribution in [1.29, 1.82) is 0 Å². The number of aliphatic hydroxyl groups is 1. The number of aliphatic hydroxyl groups excluding tert-OH is 1. The van der Waals surface area contributed by atoms with Gasteiger partial charge in [-0.25, -0.2) is 14.5 Å². The van der Waals surface area contributed by atoms with Crippen molar-refractivity contribution in [2.45, 2.75) is 33.0 Å². The fourth-order valence-corrected chi connectivity index (χ4v) is 2.77. The van der Waals surface area contributed by atoms with Crippen LogP contribution in [0.15, 0.2) is 30.7 Å². The topological polar surface area (TPSA) is 83.7 Å². The number of hydrogen-bond donors (Lipinski definition) is 1. The molecule has 0 spiro atoms. The summed E-state index contributed by atoms with van der Waals surface area (Å²) in [6.45, 7) is 8.25. The second-order valence-corrected chi connectivity index (χ2v) is 7.28. The van der Waals surface area contributed by atoms with E-state index < -0.39 is 5.60 Å². The summed E-state index contributed by atoms with van der Waals surface area (Å²) in [4.78, 5) is 20.5. The van der Waals surface area contributed by atoms with Gasteiger partial charge in [-0.15, -0.1) is 0 Å². The molecule has 1 aliphatic rings. The van der Waals surface area contributed by atoms with Gasteiger partial charge in [-0.3, -0.25) is 0 Å². The lowest BCUT2D eigenvalue weighted by atomic mass is 10.2. The van der Waals surface area contributed by atoms with Gasteiger partial charge in [0.25, 0.3) is 0 Å². The van der Waals surface area contributed by atoms with Crippen LogP contribution in [-0.2, 0) is 11.3 Å². The Morgan fingerprint density at radius 1 is 1.27 bits per heavy atom. The van der Waals surface area contributed by atoms with Crippen molar-refractivity contribution >= 4 is 11.8 Å². The van der Waals surface area contributed by atoms with E-state index in [1.54, 1.807) is 28.2 Å². The average Bonchev–Trinajstić information content (AvgIpc) is 3.10. The third-order valence-corrected chi connectivity index (χ3v) is 4.08. The number of carbonyl (C=O) groups is 1. The molecule has 2 aromatic rings. The minimum Gasteiger partial charge on any atom is -0.444 e. The molecule has 3 rings (SSSR count). The molecule has 8 nitrogen and oxygen atoms in total. The van der Waals surface area contributed by atoms with Crippen molar-refractivity contribution in [3.05, 3.63) is 36.3 Å². The number of nitrogens with zero attached hydrogens (tertiary/aromatic N) is 5. The molecule has 1 N–H and O–H groups in total. The molecule has 0 atom stereocenters. The van der Waals surface area contributed by atoms with Crippen molar-refractivity contribution in [3.63, 3.8) is 0 Å². The SMILES string of the molecule is CC(C)(C)OC(=O)N1CCN(c2ccnc(-n3cc(CO)cn3)c2)CC1. The van der Waals surface area contributed by atoms with Gasteiger partial charge >= 0.3 is 6.09 Å². The quantitative estimate of drug-likeness (QED) is 0.900. The molecule has 0 aromatic carbocycles. The van der Waals surface area contributed by atoms with E-state index in [1.807, 2.05) is 32.9 Å². The largest absolute Gasteiger partial charge is 0.444 e. The molecular weight excluding hydrogens is 334 g/mol. The number of piperazine rings is 1. The van der Waals surface area contributed by atoms with Crippen LogP contribution in [0.1, 0.15) is 26.3 Å². The fourth-order valence-electron chi connectivity index (χ4n) is 2.77. The molecule has 8 heteroatoms. The van der Waals surface area contributed by atoms with E-state index in [9.17, 15) is 9.90 Å². The van der Waals surface area contributed by atoms with Crippen LogP contribution < -0.4 is 4.90 Å². The molecular formula is C18H25N5O3. The number of anilines is 1. The molecule has 3 heterocycles. The van der Waals surface area contributed by atoms with E-state index in [0.29, 0.717) is 18.9 Å². The average molecular weight is 359 g/mol. The molecule has 2 aromatic heterocycles. The molecule has 1 amide bonds. The highest BCUT2D eigenvalue weighted by Gasteiger charge is 2.26. The predicted octanol–water partition coefficient (Wildman–Crippen LogP) is 1.82. The van der Waals surface area contributed by atoms with E-state index in [1.165, 1.54) is 0 Å². The van der Waals surface area contributed by atoms with Gasteiger partial charge in [-0.2, -0.15) is 5.10 Å². The summed E-state index contributed by atoms with van der Waals surface area (Å²) in [5, 5.41) is 13.4. The zero-order valence-electron chi connectivity index (χ0n) is 15.4. The summed E-state index contributed by atoms with van der Waals surface area (Å²) in [5.74, 6) is 0.691. The van der Waals surface area contributed by atoms with Gasteiger partial charge in [0.2, 0.25) is 0 Å². The Hall–Kier alpha value is -2.61. The third kappa shape index (κ3) is 4.32. The second-order valence-electron chi connectivity index (χ2n) is 7.28. The van der Waals surface area contributed by atoms with Crippen molar-refractivity contribution in [2.75, 3.05) is 31.1 Å². The number of pyridine rings is 1. The summed E-state index contributed by atoms with van der Waals surface area (Å²) in [5.41, 5.74) is 1.29. The molecule has 1 fully saturated rings. The van der Waals surface area contributed by atoms with Gasteiger partial charge in [0, 0.05) is 55.9 Å². The molecule has 140 valence electrons. The standard InChI is InChI=1S/C18H25N5O3/c1-18(2,3)26-17(25)22-8-6-21(7-9-22)15-4-5-19-16(10-15)23-12-14(13-24)11-20-23/h4-5,10-12,24H,6-9,13H2,1-3H3. The van der Waals surface area contributed by atoms with Crippen LogP contribution in [0.4, 0.5) is 10.5 Å².